The topological polar surface area (TPSA) is 127 Å². The van der Waals surface area contributed by atoms with Crippen LogP contribution in [0.1, 0.15) is 19.4 Å². The molecule has 0 saturated heterocycles. The van der Waals surface area contributed by atoms with Gasteiger partial charge in [-0.2, -0.15) is 0 Å². The number of rotatable bonds is 7. The Morgan fingerprint density at radius 1 is 1.67 bits per heavy atom. The maximum atomic E-state index is 11.1. The number of aromatic nitrogens is 1. The number of ether oxygens (including phenoxy) is 1. The lowest BCUT2D eigenvalue weighted by atomic mass is 10.2. The molecular weight excluding hydrogens is 278 g/mol. The van der Waals surface area contributed by atoms with E-state index in [-0.39, 0.29) is 29.0 Å². The van der Waals surface area contributed by atoms with Crippen molar-refractivity contribution in [2.24, 2.45) is 10.9 Å². The molecule has 0 fully saturated rings. The van der Waals surface area contributed by atoms with Gasteiger partial charge in [0.15, 0.2) is 5.84 Å². The minimum Gasteiger partial charge on any atom is -0.409 e. The number of hydrogen-bond donors (Lipinski definition) is 2. The molecule has 0 saturated carbocycles. The van der Waals surface area contributed by atoms with Crippen LogP contribution in [0.3, 0.4) is 0 Å². The third-order valence-electron chi connectivity index (χ3n) is 2.69. The van der Waals surface area contributed by atoms with Gasteiger partial charge in [-0.3, -0.25) is 10.1 Å². The third-order valence-corrected chi connectivity index (χ3v) is 2.69. The highest BCUT2D eigenvalue weighted by Crippen LogP contribution is 2.25. The summed E-state index contributed by atoms with van der Waals surface area (Å²) in [5, 5.41) is 22.5. The molecular formula is C12H19N5O4. The van der Waals surface area contributed by atoms with Crippen LogP contribution in [0.2, 0.25) is 0 Å². The standard InChI is InChI=1S/C12H19N5O4/c1-8(2)21-5-4-16(3)12-10(17(19)20)6-9(7-14-12)11(13)15-18/h6-8,18H,4-5H2,1-3H3,(H2,13,15). The molecule has 3 N–H and O–H groups in total. The van der Waals surface area contributed by atoms with Crippen molar-refractivity contribution in [3.05, 3.63) is 27.9 Å². The summed E-state index contributed by atoms with van der Waals surface area (Å²) in [5.41, 5.74) is 5.37. The first-order valence-corrected chi connectivity index (χ1v) is 6.31. The number of nitrogens with two attached hydrogens (primary N) is 1. The molecule has 1 rings (SSSR count). The van der Waals surface area contributed by atoms with Crippen molar-refractivity contribution in [1.82, 2.24) is 4.98 Å². The van der Waals surface area contributed by atoms with E-state index in [0.29, 0.717) is 13.2 Å². The highest BCUT2D eigenvalue weighted by atomic mass is 16.6. The minimum absolute atomic E-state index is 0.0873. The van der Waals surface area contributed by atoms with Crippen molar-refractivity contribution in [1.29, 1.82) is 0 Å². The van der Waals surface area contributed by atoms with Crippen LogP contribution < -0.4 is 10.6 Å². The van der Waals surface area contributed by atoms with Crippen LogP contribution in [0.5, 0.6) is 0 Å². The normalized spacial score (nSPS) is 11.7. The molecule has 9 heteroatoms. The summed E-state index contributed by atoms with van der Waals surface area (Å²) in [6, 6.07) is 1.22. The molecule has 1 aromatic rings. The van der Waals surface area contributed by atoms with Gasteiger partial charge in [0.1, 0.15) is 0 Å². The van der Waals surface area contributed by atoms with Crippen LogP contribution in [-0.2, 0) is 4.74 Å². The Kier molecular flexibility index (Phi) is 5.85. The second-order valence-corrected chi connectivity index (χ2v) is 4.65. The lowest BCUT2D eigenvalue weighted by molar-refractivity contribution is -0.384. The quantitative estimate of drug-likeness (QED) is 0.252. The first-order valence-electron chi connectivity index (χ1n) is 6.31. The Labute approximate surface area is 122 Å². The Hall–Kier alpha value is -2.42. The monoisotopic (exact) mass is 297 g/mol. The fraction of sp³-hybridized carbons (Fsp3) is 0.500. The number of hydrogen-bond acceptors (Lipinski definition) is 7. The molecule has 1 heterocycles. The van der Waals surface area contributed by atoms with Gasteiger partial charge in [0, 0.05) is 31.4 Å². The van der Waals surface area contributed by atoms with Crippen molar-refractivity contribution < 1.29 is 14.9 Å². The molecule has 0 aromatic carbocycles. The van der Waals surface area contributed by atoms with E-state index in [4.69, 9.17) is 15.7 Å². The van der Waals surface area contributed by atoms with E-state index in [0.717, 1.165) is 0 Å². The predicted molar refractivity (Wildman–Crippen MR) is 77.8 cm³/mol. The molecule has 1 aromatic heterocycles. The molecule has 0 unspecified atom stereocenters. The molecule has 0 radical (unpaired) electrons. The number of amidine groups is 1. The van der Waals surface area contributed by atoms with Gasteiger partial charge < -0.3 is 20.6 Å². The molecule has 0 bridgehead atoms. The third kappa shape index (κ3) is 4.56. The van der Waals surface area contributed by atoms with Gasteiger partial charge in [-0.25, -0.2) is 4.98 Å². The predicted octanol–water partition coefficient (Wildman–Crippen LogP) is 0.946. The maximum Gasteiger partial charge on any atom is 0.312 e. The maximum absolute atomic E-state index is 11.1. The Balaban J connectivity index is 2.98. The fourth-order valence-electron chi connectivity index (χ4n) is 1.60. The molecule has 9 nitrogen and oxygen atoms in total. The van der Waals surface area contributed by atoms with Gasteiger partial charge in [-0.15, -0.1) is 0 Å². The lowest BCUT2D eigenvalue weighted by Gasteiger charge is -2.19. The first kappa shape index (κ1) is 16.6. The van der Waals surface area contributed by atoms with E-state index >= 15 is 0 Å². The number of oxime groups is 1. The second kappa shape index (κ2) is 7.39. The van der Waals surface area contributed by atoms with Gasteiger partial charge in [-0.1, -0.05) is 5.16 Å². The summed E-state index contributed by atoms with van der Waals surface area (Å²) < 4.78 is 5.40. The second-order valence-electron chi connectivity index (χ2n) is 4.65. The van der Waals surface area contributed by atoms with Gasteiger partial charge in [0.2, 0.25) is 5.82 Å². The average molecular weight is 297 g/mol. The number of nitrogens with zero attached hydrogens (tertiary/aromatic N) is 4. The van der Waals surface area contributed by atoms with Crippen LogP contribution >= 0.6 is 0 Å². The van der Waals surface area contributed by atoms with Crippen molar-refractivity contribution in [3.63, 3.8) is 0 Å². The number of anilines is 1. The largest absolute Gasteiger partial charge is 0.409 e. The Morgan fingerprint density at radius 3 is 2.86 bits per heavy atom. The van der Waals surface area contributed by atoms with E-state index in [1.165, 1.54) is 12.3 Å². The van der Waals surface area contributed by atoms with Crippen LogP contribution in [-0.4, -0.2) is 47.3 Å². The highest BCUT2D eigenvalue weighted by molar-refractivity contribution is 5.97. The summed E-state index contributed by atoms with van der Waals surface area (Å²) >= 11 is 0. The zero-order valence-electron chi connectivity index (χ0n) is 12.2. The molecule has 0 aliphatic carbocycles. The summed E-state index contributed by atoms with van der Waals surface area (Å²) in [5.74, 6) is -0.0372. The van der Waals surface area contributed by atoms with Gasteiger partial charge in [-0.05, 0) is 13.8 Å². The Bertz CT molecular complexity index is 532. The van der Waals surface area contributed by atoms with E-state index < -0.39 is 4.92 Å². The molecule has 116 valence electrons. The minimum atomic E-state index is -0.559. The zero-order chi connectivity index (χ0) is 16.0. The molecule has 0 aliphatic heterocycles. The number of pyridine rings is 1. The van der Waals surface area contributed by atoms with Crippen LogP contribution in [0.25, 0.3) is 0 Å². The van der Waals surface area contributed by atoms with Gasteiger partial charge in [0.05, 0.1) is 17.6 Å². The summed E-state index contributed by atoms with van der Waals surface area (Å²) in [6.45, 7) is 4.70. The summed E-state index contributed by atoms with van der Waals surface area (Å²) in [4.78, 5) is 16.2. The Morgan fingerprint density at radius 2 is 2.33 bits per heavy atom. The van der Waals surface area contributed by atoms with Crippen molar-refractivity contribution in [3.8, 4) is 0 Å². The smallest absolute Gasteiger partial charge is 0.312 e. The summed E-state index contributed by atoms with van der Waals surface area (Å²) in [6.07, 6.45) is 1.40. The van der Waals surface area contributed by atoms with Crippen LogP contribution in [0.4, 0.5) is 11.5 Å². The van der Waals surface area contributed by atoms with Crippen molar-refractivity contribution in [2.75, 3.05) is 25.1 Å². The van der Waals surface area contributed by atoms with E-state index in [1.54, 1.807) is 11.9 Å². The van der Waals surface area contributed by atoms with E-state index in [2.05, 4.69) is 10.1 Å². The van der Waals surface area contributed by atoms with E-state index in [9.17, 15) is 10.1 Å². The SMILES string of the molecule is CC(C)OCCN(C)c1ncc(C(N)=NO)cc1[N+](=O)[O-]. The first-order chi connectivity index (χ1) is 9.86. The molecule has 0 atom stereocenters. The van der Waals surface area contributed by atoms with Gasteiger partial charge in [0.25, 0.3) is 0 Å². The lowest BCUT2D eigenvalue weighted by Crippen LogP contribution is -2.26. The molecule has 0 aliphatic rings. The molecule has 21 heavy (non-hydrogen) atoms. The fourth-order valence-corrected chi connectivity index (χ4v) is 1.60. The number of likely N-dealkylation sites (N-methyl/N-ethyl adjacent to an activating group) is 1. The van der Waals surface area contributed by atoms with Crippen molar-refractivity contribution in [2.45, 2.75) is 20.0 Å². The molecule has 0 amide bonds. The summed E-state index contributed by atoms with van der Waals surface area (Å²) in [7, 11) is 1.68. The van der Waals surface area contributed by atoms with E-state index in [1.807, 2.05) is 13.8 Å². The van der Waals surface area contributed by atoms with Crippen LogP contribution in [0.15, 0.2) is 17.4 Å². The molecule has 0 spiro atoms. The van der Waals surface area contributed by atoms with Crippen LogP contribution in [0, 0.1) is 10.1 Å². The highest BCUT2D eigenvalue weighted by Gasteiger charge is 2.20. The van der Waals surface area contributed by atoms with Crippen molar-refractivity contribution >= 4 is 17.3 Å². The van der Waals surface area contributed by atoms with Gasteiger partial charge >= 0.3 is 5.69 Å². The zero-order valence-corrected chi connectivity index (χ0v) is 12.2. The number of nitro groups is 1. The average Bonchev–Trinajstić information content (AvgIpc) is 2.45.